The molecule has 6 aromatic heterocycles. The van der Waals surface area contributed by atoms with Crippen molar-refractivity contribution in [2.45, 2.75) is 40.5 Å². The van der Waals surface area contributed by atoms with Crippen molar-refractivity contribution in [2.75, 3.05) is 0 Å². The molecule has 8 aromatic rings. The van der Waals surface area contributed by atoms with Gasteiger partial charge in [-0.2, -0.15) is 0 Å². The molecule has 6 heteroatoms. The van der Waals surface area contributed by atoms with Crippen molar-refractivity contribution in [3.63, 3.8) is 0 Å². The third-order valence-electron chi connectivity index (χ3n) is 10.4. The van der Waals surface area contributed by atoms with Gasteiger partial charge in [-0.05, 0) is 112 Å². The number of nitrogens with zero attached hydrogens (tertiary/aromatic N) is 6. The second kappa shape index (κ2) is 11.1. The monoisotopic (exact) mass is 636 g/mol. The third kappa shape index (κ3) is 4.55. The minimum atomic E-state index is 0.142. The Morgan fingerprint density at radius 3 is 1.61 bits per heavy atom. The number of rotatable bonds is 4. The average molecular weight is 637 g/mol. The van der Waals surface area contributed by atoms with Gasteiger partial charge in [-0.15, -0.1) is 0 Å². The highest BCUT2D eigenvalue weighted by atomic mass is 15.0. The molecule has 0 bridgehead atoms. The second-order valence-electron chi connectivity index (χ2n) is 13.5. The van der Waals surface area contributed by atoms with Crippen molar-refractivity contribution in [2.24, 2.45) is 5.92 Å². The van der Waals surface area contributed by atoms with Crippen LogP contribution in [0.5, 0.6) is 0 Å². The van der Waals surface area contributed by atoms with E-state index in [1.54, 1.807) is 0 Å². The lowest BCUT2D eigenvalue weighted by Crippen LogP contribution is -2.18. The summed E-state index contributed by atoms with van der Waals surface area (Å²) in [4.78, 5) is 20.3. The van der Waals surface area contributed by atoms with Crippen LogP contribution in [0.1, 0.15) is 49.2 Å². The van der Waals surface area contributed by atoms with Crippen LogP contribution in [0.2, 0.25) is 0 Å². The third-order valence-corrected chi connectivity index (χ3v) is 10.4. The number of hydrogen-bond donors (Lipinski definition) is 0. The van der Waals surface area contributed by atoms with E-state index in [0.717, 1.165) is 66.9 Å². The second-order valence-corrected chi connectivity index (χ2v) is 13.5. The molecule has 0 amide bonds. The molecule has 2 unspecified atom stereocenters. The summed E-state index contributed by atoms with van der Waals surface area (Å²) in [5, 5.41) is 0. The highest BCUT2D eigenvalue weighted by Gasteiger charge is 2.31. The Labute approximate surface area is 285 Å². The van der Waals surface area contributed by atoms with Gasteiger partial charge < -0.3 is 9.13 Å². The summed E-state index contributed by atoms with van der Waals surface area (Å²) in [6.45, 7) is 11.0. The van der Waals surface area contributed by atoms with Gasteiger partial charge in [-0.25, -0.2) is 9.97 Å². The van der Waals surface area contributed by atoms with Crippen molar-refractivity contribution in [1.29, 1.82) is 0 Å². The van der Waals surface area contributed by atoms with Crippen LogP contribution in [0.25, 0.3) is 61.1 Å². The number of pyridine rings is 4. The predicted octanol–water partition coefficient (Wildman–Crippen LogP) is 10.2. The Morgan fingerprint density at radius 2 is 1.04 bits per heavy atom. The summed E-state index contributed by atoms with van der Waals surface area (Å²) < 4.78 is 4.54. The van der Waals surface area contributed by atoms with E-state index >= 15 is 0 Å². The maximum absolute atomic E-state index is 5.36. The number of fused-ring (bicyclic) bond motifs is 6. The average Bonchev–Trinajstić information content (AvgIpc) is 3.63. The maximum Gasteiger partial charge on any atom is 0.115 e. The van der Waals surface area contributed by atoms with Gasteiger partial charge >= 0.3 is 0 Å². The first-order valence-electron chi connectivity index (χ1n) is 16.9. The standard InChI is InChI=1S/C43H36N6/c1-25-10-14-30(15-11-25)48-35-8-6-22-44-40(35)42-37(48)20-18-33(46-42)32-24-27(3)39(29(5)28(32)4)34-19-21-38-43(47-34)41-36(9-7-23-45-41)49(38)31-16-12-26(2)13-17-31/h6-24,29,39H,1-5H3. The van der Waals surface area contributed by atoms with Crippen LogP contribution in [-0.2, 0) is 0 Å². The quantitative estimate of drug-likeness (QED) is 0.193. The van der Waals surface area contributed by atoms with Crippen LogP contribution in [0.4, 0.5) is 0 Å². The summed E-state index contributed by atoms with van der Waals surface area (Å²) in [6, 6.07) is 34.3. The van der Waals surface area contributed by atoms with Crippen molar-refractivity contribution < 1.29 is 0 Å². The van der Waals surface area contributed by atoms with Gasteiger partial charge in [0.2, 0.25) is 0 Å². The van der Waals surface area contributed by atoms with Gasteiger partial charge in [0, 0.05) is 35.4 Å². The van der Waals surface area contributed by atoms with Crippen LogP contribution in [0.3, 0.4) is 0 Å². The van der Waals surface area contributed by atoms with E-state index < -0.39 is 0 Å². The molecule has 1 aliphatic carbocycles. The maximum atomic E-state index is 5.36. The lowest BCUT2D eigenvalue weighted by atomic mass is 9.74. The van der Waals surface area contributed by atoms with E-state index in [-0.39, 0.29) is 11.8 Å². The molecule has 2 aromatic carbocycles. The Morgan fingerprint density at radius 1 is 0.531 bits per heavy atom. The van der Waals surface area contributed by atoms with Crippen molar-refractivity contribution >= 4 is 49.7 Å². The zero-order chi connectivity index (χ0) is 33.4. The fraction of sp³-hybridized carbons (Fsp3) is 0.163. The number of aryl methyl sites for hydroxylation is 2. The summed E-state index contributed by atoms with van der Waals surface area (Å²) in [7, 11) is 0. The van der Waals surface area contributed by atoms with Crippen LogP contribution >= 0.6 is 0 Å². The molecule has 0 radical (unpaired) electrons. The fourth-order valence-corrected chi connectivity index (χ4v) is 7.76. The van der Waals surface area contributed by atoms with Crippen LogP contribution < -0.4 is 0 Å². The highest BCUT2D eigenvalue weighted by molar-refractivity contribution is 6.06. The van der Waals surface area contributed by atoms with Crippen molar-refractivity contribution in [1.82, 2.24) is 29.1 Å². The van der Waals surface area contributed by atoms with Gasteiger partial charge in [-0.1, -0.05) is 59.5 Å². The molecule has 0 aliphatic heterocycles. The van der Waals surface area contributed by atoms with E-state index in [1.807, 2.05) is 24.5 Å². The van der Waals surface area contributed by atoms with E-state index in [0.29, 0.717) is 0 Å². The molecule has 6 heterocycles. The first kappa shape index (κ1) is 29.3. The fourth-order valence-electron chi connectivity index (χ4n) is 7.76. The zero-order valence-corrected chi connectivity index (χ0v) is 28.3. The number of hydrogen-bond acceptors (Lipinski definition) is 4. The largest absolute Gasteiger partial charge is 0.306 e. The molecule has 49 heavy (non-hydrogen) atoms. The smallest absolute Gasteiger partial charge is 0.115 e. The van der Waals surface area contributed by atoms with Gasteiger partial charge in [-0.3, -0.25) is 9.97 Å². The van der Waals surface area contributed by atoms with Gasteiger partial charge in [0.15, 0.2) is 0 Å². The zero-order valence-electron chi connectivity index (χ0n) is 28.3. The van der Waals surface area contributed by atoms with Gasteiger partial charge in [0.1, 0.15) is 22.1 Å². The Kier molecular flexibility index (Phi) is 6.63. The molecule has 0 fully saturated rings. The van der Waals surface area contributed by atoms with Crippen LogP contribution in [0, 0.1) is 19.8 Å². The molecule has 1 aliphatic rings. The van der Waals surface area contributed by atoms with Gasteiger partial charge in [0.25, 0.3) is 0 Å². The molecule has 9 rings (SSSR count). The van der Waals surface area contributed by atoms with E-state index in [2.05, 4.69) is 135 Å². The molecule has 0 saturated heterocycles. The molecular weight excluding hydrogens is 601 g/mol. The number of benzene rings is 2. The topological polar surface area (TPSA) is 61.4 Å². The predicted molar refractivity (Wildman–Crippen MR) is 200 cm³/mol. The molecule has 238 valence electrons. The summed E-state index contributed by atoms with van der Waals surface area (Å²) in [5.74, 6) is 0.372. The van der Waals surface area contributed by atoms with Crippen LogP contribution in [0.15, 0.2) is 127 Å². The van der Waals surface area contributed by atoms with Crippen molar-refractivity contribution in [3.8, 4) is 11.4 Å². The summed E-state index contributed by atoms with van der Waals surface area (Å²) in [5.41, 5.74) is 18.4. The number of allylic oxidation sites excluding steroid dienone is 4. The summed E-state index contributed by atoms with van der Waals surface area (Å²) >= 11 is 0. The molecule has 0 N–H and O–H groups in total. The normalized spacial score (nSPS) is 16.7. The van der Waals surface area contributed by atoms with E-state index in [9.17, 15) is 0 Å². The molecule has 2 atom stereocenters. The lowest BCUT2D eigenvalue weighted by Gasteiger charge is -2.31. The summed E-state index contributed by atoms with van der Waals surface area (Å²) in [6.07, 6.45) is 6.04. The Balaban J connectivity index is 1.14. The highest BCUT2D eigenvalue weighted by Crippen LogP contribution is 2.44. The van der Waals surface area contributed by atoms with Crippen molar-refractivity contribution in [3.05, 3.63) is 149 Å². The Bertz CT molecular complexity index is 2650. The molecule has 0 saturated carbocycles. The molecular formula is C43H36N6. The SMILES string of the molecule is CC1=CC(c2ccc3c(n2)c2ncccc2n3-c2ccc(C)cc2)=C(C)C(C)C1c1ccc2c(n1)c1ncccc1n2-c1ccc(C)cc1. The van der Waals surface area contributed by atoms with Crippen LogP contribution in [-0.4, -0.2) is 29.1 Å². The molecule has 6 nitrogen and oxygen atoms in total. The first-order valence-corrected chi connectivity index (χ1v) is 16.9. The van der Waals surface area contributed by atoms with E-state index in [4.69, 9.17) is 19.9 Å². The first-order chi connectivity index (χ1) is 23.9. The Hall–Kier alpha value is -5.88. The molecule has 0 spiro atoms. The lowest BCUT2D eigenvalue weighted by molar-refractivity contribution is 0.565. The van der Waals surface area contributed by atoms with E-state index in [1.165, 1.54) is 27.8 Å². The minimum absolute atomic E-state index is 0.142. The van der Waals surface area contributed by atoms with Gasteiger partial charge in [0.05, 0.1) is 27.8 Å². The number of aromatic nitrogens is 6. The minimum Gasteiger partial charge on any atom is -0.306 e.